The first-order chi connectivity index (χ1) is 7.68. The van der Waals surface area contributed by atoms with E-state index in [9.17, 15) is 0 Å². The van der Waals surface area contributed by atoms with Crippen LogP contribution >= 0.6 is 0 Å². The molecule has 0 amide bonds. The maximum absolute atomic E-state index is 4.02. The van der Waals surface area contributed by atoms with Crippen molar-refractivity contribution < 1.29 is 0 Å². The van der Waals surface area contributed by atoms with Gasteiger partial charge in [0.2, 0.25) is 0 Å². The van der Waals surface area contributed by atoms with Crippen molar-refractivity contribution in [1.82, 2.24) is 15.2 Å². The van der Waals surface area contributed by atoms with Crippen LogP contribution in [0.15, 0.2) is 24.5 Å². The molecule has 1 rings (SSSR count). The van der Waals surface area contributed by atoms with Gasteiger partial charge in [-0.3, -0.25) is 4.98 Å². The number of hydrogen-bond donors (Lipinski definition) is 1. The summed E-state index contributed by atoms with van der Waals surface area (Å²) >= 11 is 0. The molecule has 1 aromatic heterocycles. The van der Waals surface area contributed by atoms with Crippen molar-refractivity contribution in [1.29, 1.82) is 0 Å². The second kappa shape index (κ2) is 7.36. The van der Waals surface area contributed by atoms with Gasteiger partial charge in [0, 0.05) is 32.0 Å². The number of hydrogen-bond acceptors (Lipinski definition) is 3. The predicted octanol–water partition coefficient (Wildman–Crippen LogP) is 1.76. The highest BCUT2D eigenvalue weighted by Gasteiger charge is 1.99. The van der Waals surface area contributed by atoms with Crippen molar-refractivity contribution in [3.63, 3.8) is 0 Å². The average molecular weight is 221 g/mol. The third-order valence-electron chi connectivity index (χ3n) is 2.42. The van der Waals surface area contributed by atoms with E-state index in [1.807, 2.05) is 12.4 Å². The van der Waals surface area contributed by atoms with E-state index in [1.54, 1.807) is 0 Å². The van der Waals surface area contributed by atoms with Gasteiger partial charge in [-0.25, -0.2) is 0 Å². The summed E-state index contributed by atoms with van der Waals surface area (Å²) in [4.78, 5) is 6.34. The summed E-state index contributed by atoms with van der Waals surface area (Å²) in [5.74, 6) is 0.727. The molecule has 0 aromatic carbocycles. The Balaban J connectivity index is 2.14. The average Bonchev–Trinajstić information content (AvgIpc) is 2.25. The Bertz CT molecular complexity index is 272. The Kier molecular flexibility index (Phi) is 6.04. The zero-order valence-electron chi connectivity index (χ0n) is 10.6. The molecule has 0 spiro atoms. The molecular weight excluding hydrogens is 198 g/mol. The largest absolute Gasteiger partial charge is 0.315 e. The minimum Gasteiger partial charge on any atom is -0.315 e. The molecule has 0 saturated heterocycles. The number of aromatic nitrogens is 1. The summed E-state index contributed by atoms with van der Waals surface area (Å²) in [5, 5.41) is 3.45. The zero-order chi connectivity index (χ0) is 11.8. The Hall–Kier alpha value is -0.930. The summed E-state index contributed by atoms with van der Waals surface area (Å²) in [5.41, 5.74) is 1.32. The lowest BCUT2D eigenvalue weighted by Crippen LogP contribution is -2.30. The number of rotatable bonds is 7. The molecule has 0 aliphatic carbocycles. The summed E-state index contributed by atoms with van der Waals surface area (Å²) < 4.78 is 0. The van der Waals surface area contributed by atoms with Gasteiger partial charge in [-0.05, 0) is 37.2 Å². The molecule has 3 nitrogen and oxygen atoms in total. The molecule has 16 heavy (non-hydrogen) atoms. The monoisotopic (exact) mass is 221 g/mol. The molecule has 0 unspecified atom stereocenters. The molecule has 0 radical (unpaired) electrons. The van der Waals surface area contributed by atoms with Gasteiger partial charge in [0.1, 0.15) is 0 Å². The Morgan fingerprint density at radius 3 is 2.62 bits per heavy atom. The fourth-order valence-corrected chi connectivity index (χ4v) is 1.54. The van der Waals surface area contributed by atoms with E-state index < -0.39 is 0 Å². The van der Waals surface area contributed by atoms with Crippen LogP contribution in [0.3, 0.4) is 0 Å². The highest BCUT2D eigenvalue weighted by Crippen LogP contribution is 2.00. The van der Waals surface area contributed by atoms with Gasteiger partial charge in [0.15, 0.2) is 0 Å². The highest BCUT2D eigenvalue weighted by atomic mass is 15.1. The molecule has 0 aliphatic rings. The van der Waals surface area contributed by atoms with Crippen molar-refractivity contribution in [2.45, 2.75) is 20.4 Å². The number of pyridine rings is 1. The molecule has 1 aromatic rings. The lowest BCUT2D eigenvalue weighted by atomic mass is 10.2. The van der Waals surface area contributed by atoms with E-state index in [0.717, 1.165) is 32.1 Å². The lowest BCUT2D eigenvalue weighted by Gasteiger charge is -2.17. The van der Waals surface area contributed by atoms with Crippen LogP contribution in [0, 0.1) is 5.92 Å². The summed E-state index contributed by atoms with van der Waals surface area (Å²) in [6.45, 7) is 8.69. The molecule has 0 fully saturated rings. The molecule has 90 valence electrons. The van der Waals surface area contributed by atoms with E-state index in [2.05, 4.69) is 48.2 Å². The Morgan fingerprint density at radius 1 is 1.31 bits per heavy atom. The first-order valence-corrected chi connectivity index (χ1v) is 5.96. The van der Waals surface area contributed by atoms with Crippen LogP contribution in [-0.2, 0) is 6.54 Å². The molecule has 0 saturated carbocycles. The minimum atomic E-state index is 0.727. The second-order valence-corrected chi connectivity index (χ2v) is 4.69. The maximum atomic E-state index is 4.02. The third-order valence-corrected chi connectivity index (χ3v) is 2.42. The lowest BCUT2D eigenvalue weighted by molar-refractivity contribution is 0.321. The molecular formula is C13H23N3. The molecule has 1 heterocycles. The number of nitrogens with one attached hydrogen (secondary N) is 1. The van der Waals surface area contributed by atoms with Crippen molar-refractivity contribution in [2.75, 3.05) is 26.7 Å². The zero-order valence-corrected chi connectivity index (χ0v) is 10.6. The Morgan fingerprint density at radius 2 is 2.00 bits per heavy atom. The van der Waals surface area contributed by atoms with Gasteiger partial charge in [-0.2, -0.15) is 0 Å². The van der Waals surface area contributed by atoms with Gasteiger partial charge < -0.3 is 10.2 Å². The van der Waals surface area contributed by atoms with E-state index in [1.165, 1.54) is 5.56 Å². The van der Waals surface area contributed by atoms with Crippen molar-refractivity contribution in [3.8, 4) is 0 Å². The van der Waals surface area contributed by atoms with Gasteiger partial charge in [-0.1, -0.05) is 13.8 Å². The van der Waals surface area contributed by atoms with Crippen LogP contribution in [0.25, 0.3) is 0 Å². The summed E-state index contributed by atoms with van der Waals surface area (Å²) in [6, 6.07) is 4.14. The van der Waals surface area contributed by atoms with E-state index in [4.69, 9.17) is 0 Å². The standard InChI is InChI=1S/C13H23N3/c1-12(2)10-15-8-9-16(3)11-13-4-6-14-7-5-13/h4-7,12,15H,8-11H2,1-3H3. The van der Waals surface area contributed by atoms with E-state index in [-0.39, 0.29) is 0 Å². The fraction of sp³-hybridized carbons (Fsp3) is 0.615. The molecule has 3 heteroatoms. The normalized spacial score (nSPS) is 11.3. The van der Waals surface area contributed by atoms with Gasteiger partial charge in [0.25, 0.3) is 0 Å². The number of likely N-dealkylation sites (N-methyl/N-ethyl adjacent to an activating group) is 1. The predicted molar refractivity (Wildman–Crippen MR) is 68.3 cm³/mol. The first kappa shape index (κ1) is 13.1. The fourth-order valence-electron chi connectivity index (χ4n) is 1.54. The van der Waals surface area contributed by atoms with Crippen molar-refractivity contribution >= 4 is 0 Å². The van der Waals surface area contributed by atoms with Gasteiger partial charge >= 0.3 is 0 Å². The van der Waals surface area contributed by atoms with Crippen LogP contribution in [-0.4, -0.2) is 36.6 Å². The third kappa shape index (κ3) is 5.83. The topological polar surface area (TPSA) is 28.2 Å². The number of nitrogens with zero attached hydrogens (tertiary/aromatic N) is 2. The maximum Gasteiger partial charge on any atom is 0.0271 e. The molecule has 0 bridgehead atoms. The second-order valence-electron chi connectivity index (χ2n) is 4.69. The summed E-state index contributed by atoms with van der Waals surface area (Å²) in [7, 11) is 2.15. The van der Waals surface area contributed by atoms with Crippen LogP contribution in [0.1, 0.15) is 19.4 Å². The van der Waals surface area contributed by atoms with Crippen LogP contribution in [0.2, 0.25) is 0 Å². The van der Waals surface area contributed by atoms with Crippen molar-refractivity contribution in [2.24, 2.45) is 5.92 Å². The minimum absolute atomic E-state index is 0.727. The van der Waals surface area contributed by atoms with Crippen molar-refractivity contribution in [3.05, 3.63) is 30.1 Å². The van der Waals surface area contributed by atoms with E-state index >= 15 is 0 Å². The quantitative estimate of drug-likeness (QED) is 0.711. The SMILES string of the molecule is CC(C)CNCCN(C)Cc1ccncc1. The van der Waals surface area contributed by atoms with E-state index in [0.29, 0.717) is 0 Å². The van der Waals surface area contributed by atoms with Crippen LogP contribution < -0.4 is 5.32 Å². The van der Waals surface area contributed by atoms with Crippen LogP contribution in [0.4, 0.5) is 0 Å². The molecule has 0 atom stereocenters. The highest BCUT2D eigenvalue weighted by molar-refractivity contribution is 5.09. The van der Waals surface area contributed by atoms with Crippen LogP contribution in [0.5, 0.6) is 0 Å². The first-order valence-electron chi connectivity index (χ1n) is 5.96. The molecule has 1 N–H and O–H groups in total. The van der Waals surface area contributed by atoms with Gasteiger partial charge in [0.05, 0.1) is 0 Å². The van der Waals surface area contributed by atoms with Gasteiger partial charge in [-0.15, -0.1) is 0 Å². The smallest absolute Gasteiger partial charge is 0.0271 e. The molecule has 0 aliphatic heterocycles. The summed E-state index contributed by atoms with van der Waals surface area (Å²) in [6.07, 6.45) is 3.69. The Labute approximate surface area is 98.9 Å².